The molecule has 0 radical (unpaired) electrons. The number of benzene rings is 2. The van der Waals surface area contributed by atoms with Crippen molar-refractivity contribution in [3.8, 4) is 0 Å². The number of halogens is 1. The molecule has 0 unspecified atom stereocenters. The van der Waals surface area contributed by atoms with Crippen molar-refractivity contribution in [3.05, 3.63) is 86.9 Å². The summed E-state index contributed by atoms with van der Waals surface area (Å²) in [6.07, 6.45) is 0. The van der Waals surface area contributed by atoms with Gasteiger partial charge in [-0.2, -0.15) is 0 Å². The van der Waals surface area contributed by atoms with Crippen LogP contribution in [0.1, 0.15) is 24.1 Å². The van der Waals surface area contributed by atoms with Crippen LogP contribution in [0, 0.1) is 0 Å². The van der Waals surface area contributed by atoms with Crippen molar-refractivity contribution in [3.63, 3.8) is 0 Å². The molecule has 0 aliphatic carbocycles. The molecule has 0 saturated heterocycles. The van der Waals surface area contributed by atoms with E-state index in [0.717, 1.165) is 26.5 Å². The lowest BCUT2D eigenvalue weighted by atomic mass is 9.93. The largest absolute Gasteiger partial charge is 0.366 e. The molecule has 2 heterocycles. The number of nitrogens with zero attached hydrogens (tertiary/aromatic N) is 2. The number of carbonyl (C=O) groups excluding carboxylic acids is 1. The molecule has 2 aromatic carbocycles. The summed E-state index contributed by atoms with van der Waals surface area (Å²) in [6.45, 7) is 1.85. The van der Waals surface area contributed by atoms with Crippen LogP contribution in [-0.2, 0) is 4.79 Å². The number of amidine groups is 1. The van der Waals surface area contributed by atoms with Gasteiger partial charge in [-0.3, -0.25) is 4.79 Å². The second-order valence-electron chi connectivity index (χ2n) is 6.07. The number of fused-ring (bicyclic) bond motifs is 1. The Morgan fingerprint density at radius 1 is 1.15 bits per heavy atom. The second kappa shape index (κ2) is 6.78. The fourth-order valence-electron chi connectivity index (χ4n) is 3.28. The summed E-state index contributed by atoms with van der Waals surface area (Å²) in [7, 11) is 0. The van der Waals surface area contributed by atoms with E-state index in [1.165, 1.54) is 0 Å². The average Bonchev–Trinajstić information content (AvgIpc) is 3.05. The highest BCUT2D eigenvalue weighted by atomic mass is 79.9. The Morgan fingerprint density at radius 3 is 2.50 bits per heavy atom. The number of thioether (sulfide) groups is 1. The number of aliphatic imine (C=N–C) groups is 1. The van der Waals surface area contributed by atoms with Gasteiger partial charge in [-0.15, -0.1) is 0 Å². The number of hydrogen-bond acceptors (Lipinski definition) is 4. The third-order valence-corrected chi connectivity index (χ3v) is 5.82. The summed E-state index contributed by atoms with van der Waals surface area (Å²) >= 11 is 5.04. The summed E-state index contributed by atoms with van der Waals surface area (Å²) in [6, 6.07) is 17.8. The average molecular weight is 426 g/mol. The van der Waals surface area contributed by atoms with Crippen LogP contribution in [0.4, 0.5) is 0 Å². The smallest absolute Gasteiger partial charge is 0.248 e. The van der Waals surface area contributed by atoms with Crippen LogP contribution in [0.15, 0.2) is 80.7 Å². The van der Waals surface area contributed by atoms with E-state index in [1.54, 1.807) is 11.8 Å². The summed E-state index contributed by atoms with van der Waals surface area (Å²) in [5.41, 5.74) is 10.0. The Labute approximate surface area is 164 Å². The molecule has 1 amide bonds. The van der Waals surface area contributed by atoms with E-state index < -0.39 is 5.91 Å². The second-order valence-corrected chi connectivity index (χ2v) is 7.82. The molecule has 130 valence electrons. The zero-order valence-corrected chi connectivity index (χ0v) is 16.4. The van der Waals surface area contributed by atoms with E-state index in [2.05, 4.69) is 43.4 Å². The predicted molar refractivity (Wildman–Crippen MR) is 110 cm³/mol. The van der Waals surface area contributed by atoms with Crippen molar-refractivity contribution >= 4 is 44.5 Å². The molecule has 2 aliphatic heterocycles. The minimum Gasteiger partial charge on any atom is -0.366 e. The highest BCUT2D eigenvalue weighted by Crippen LogP contribution is 2.46. The lowest BCUT2D eigenvalue weighted by Gasteiger charge is -2.36. The maximum atomic E-state index is 12.3. The first kappa shape index (κ1) is 17.1. The fourth-order valence-corrected chi connectivity index (χ4v) is 4.52. The number of primary amides is 1. The molecule has 0 fully saturated rings. The Bertz CT molecular complexity index is 964. The maximum Gasteiger partial charge on any atom is 0.248 e. The van der Waals surface area contributed by atoms with Crippen LogP contribution in [0.25, 0.3) is 5.70 Å². The van der Waals surface area contributed by atoms with Crippen molar-refractivity contribution in [1.29, 1.82) is 0 Å². The van der Waals surface area contributed by atoms with Gasteiger partial charge in [0.05, 0.1) is 23.0 Å². The van der Waals surface area contributed by atoms with Crippen molar-refractivity contribution in [2.45, 2.75) is 13.0 Å². The molecule has 4 nitrogen and oxygen atoms in total. The van der Waals surface area contributed by atoms with Crippen molar-refractivity contribution in [2.24, 2.45) is 10.7 Å². The van der Waals surface area contributed by atoms with Crippen molar-refractivity contribution in [2.75, 3.05) is 0 Å². The van der Waals surface area contributed by atoms with E-state index in [1.807, 2.05) is 49.4 Å². The van der Waals surface area contributed by atoms with Crippen LogP contribution < -0.4 is 5.73 Å². The van der Waals surface area contributed by atoms with E-state index >= 15 is 0 Å². The highest BCUT2D eigenvalue weighted by molar-refractivity contribution is 9.10. The van der Waals surface area contributed by atoms with E-state index in [0.29, 0.717) is 11.3 Å². The molecular formula is C20H16BrN3OS. The quantitative estimate of drug-likeness (QED) is 0.776. The number of nitrogens with two attached hydrogens (primary N) is 1. The molecule has 0 spiro atoms. The fraction of sp³-hybridized carbons (Fsp3) is 0.100. The minimum atomic E-state index is -0.439. The first-order valence-electron chi connectivity index (χ1n) is 8.12. The van der Waals surface area contributed by atoms with Crippen LogP contribution in [0.3, 0.4) is 0 Å². The topological polar surface area (TPSA) is 58.7 Å². The summed E-state index contributed by atoms with van der Waals surface area (Å²) in [5.74, 6) is -0.439. The Morgan fingerprint density at radius 2 is 1.85 bits per heavy atom. The zero-order valence-electron chi connectivity index (χ0n) is 14.0. The van der Waals surface area contributed by atoms with Gasteiger partial charge < -0.3 is 10.6 Å². The third-order valence-electron chi connectivity index (χ3n) is 4.45. The number of rotatable bonds is 3. The molecule has 0 bridgehead atoms. The summed E-state index contributed by atoms with van der Waals surface area (Å²) in [4.78, 5) is 19.0. The molecule has 0 saturated carbocycles. The zero-order chi connectivity index (χ0) is 18.3. The van der Waals surface area contributed by atoms with Gasteiger partial charge in [0.25, 0.3) is 0 Å². The van der Waals surface area contributed by atoms with Gasteiger partial charge in [0.15, 0.2) is 5.17 Å². The van der Waals surface area contributed by atoms with Gasteiger partial charge in [-0.05, 0) is 30.2 Å². The van der Waals surface area contributed by atoms with Gasteiger partial charge >= 0.3 is 0 Å². The predicted octanol–water partition coefficient (Wildman–Crippen LogP) is 4.67. The number of allylic oxidation sites excluding steroid dienone is 1. The number of hydrogen-bond donors (Lipinski definition) is 1. The Kier molecular flexibility index (Phi) is 4.46. The number of carbonyl (C=O) groups is 1. The number of amides is 1. The van der Waals surface area contributed by atoms with Crippen molar-refractivity contribution in [1.82, 2.24) is 4.90 Å². The van der Waals surface area contributed by atoms with E-state index in [4.69, 9.17) is 5.73 Å². The highest BCUT2D eigenvalue weighted by Gasteiger charge is 2.39. The lowest BCUT2D eigenvalue weighted by Crippen LogP contribution is -2.37. The normalized spacial score (nSPS) is 19.2. The molecule has 0 aromatic heterocycles. The molecule has 4 rings (SSSR count). The van der Waals surface area contributed by atoms with Gasteiger partial charge in [0, 0.05) is 9.88 Å². The van der Waals surface area contributed by atoms with Crippen molar-refractivity contribution < 1.29 is 4.79 Å². The van der Waals surface area contributed by atoms with Gasteiger partial charge in [0.2, 0.25) is 5.91 Å². The SMILES string of the molecule is CC1=C(C(N)=O)[C@@H](c2ccccc2)N2C(c3ccc(Br)cc3)=CSC2=N1. The molecule has 2 aliphatic rings. The van der Waals surface area contributed by atoms with E-state index in [-0.39, 0.29) is 6.04 Å². The maximum absolute atomic E-state index is 12.3. The molecule has 26 heavy (non-hydrogen) atoms. The Hall–Kier alpha value is -2.31. The molecular weight excluding hydrogens is 410 g/mol. The van der Waals surface area contributed by atoms with E-state index in [9.17, 15) is 4.79 Å². The minimum absolute atomic E-state index is 0.286. The Balaban J connectivity index is 1.87. The monoisotopic (exact) mass is 425 g/mol. The first-order valence-corrected chi connectivity index (χ1v) is 9.79. The van der Waals surface area contributed by atoms with Gasteiger partial charge in [0.1, 0.15) is 0 Å². The summed E-state index contributed by atoms with van der Waals surface area (Å²) < 4.78 is 1.02. The van der Waals surface area contributed by atoms with Gasteiger partial charge in [-0.25, -0.2) is 4.99 Å². The summed E-state index contributed by atoms with van der Waals surface area (Å²) in [5, 5.41) is 2.94. The first-order chi connectivity index (χ1) is 12.6. The van der Waals surface area contributed by atoms with Crippen LogP contribution in [0.2, 0.25) is 0 Å². The standard InChI is InChI=1S/C20H16BrN3OS/c1-12-17(19(22)25)18(14-5-3-2-4-6-14)24-16(11-26-20(24)23-12)13-7-9-15(21)10-8-13/h2-11,18H,1H3,(H2,22,25)/t18-/m1/s1. The lowest BCUT2D eigenvalue weighted by molar-refractivity contribution is -0.115. The van der Waals surface area contributed by atoms with Crippen LogP contribution in [-0.4, -0.2) is 16.0 Å². The van der Waals surface area contributed by atoms with Crippen LogP contribution >= 0.6 is 27.7 Å². The van der Waals surface area contributed by atoms with Crippen LogP contribution in [0.5, 0.6) is 0 Å². The third kappa shape index (κ3) is 2.89. The molecule has 1 atom stereocenters. The van der Waals surface area contributed by atoms with Gasteiger partial charge in [-0.1, -0.05) is 70.2 Å². The molecule has 6 heteroatoms. The molecule has 2 N–H and O–H groups in total. The molecule has 2 aromatic rings.